The van der Waals surface area contributed by atoms with Crippen LogP contribution < -0.4 is 0 Å². The maximum Gasteiger partial charge on any atom is 0.306 e. The van der Waals surface area contributed by atoms with Crippen LogP contribution in [0.3, 0.4) is 0 Å². The van der Waals surface area contributed by atoms with Crippen molar-refractivity contribution >= 4 is 5.97 Å². The Labute approximate surface area is 409 Å². The van der Waals surface area contributed by atoms with Gasteiger partial charge in [0.2, 0.25) is 0 Å². The van der Waals surface area contributed by atoms with Crippen molar-refractivity contribution in [2.45, 2.75) is 242 Å². The molecule has 11 unspecified atom stereocenters. The van der Waals surface area contributed by atoms with Gasteiger partial charge in [0.1, 0.15) is 54.9 Å². The minimum absolute atomic E-state index is 0.0535. The summed E-state index contributed by atoms with van der Waals surface area (Å²) >= 11 is 0. The van der Waals surface area contributed by atoms with Gasteiger partial charge in [-0.25, -0.2) is 0 Å². The molecule has 2 rings (SSSR count). The Morgan fingerprint density at radius 2 is 0.956 bits per heavy atom. The van der Waals surface area contributed by atoms with Crippen molar-refractivity contribution in [3.8, 4) is 0 Å². The number of aliphatic hydroxyl groups excluding tert-OH is 7. The van der Waals surface area contributed by atoms with Crippen LogP contribution in [0, 0.1) is 0 Å². The second kappa shape index (κ2) is 41.3. The summed E-state index contributed by atoms with van der Waals surface area (Å²) in [5.41, 5.74) is 0. The van der Waals surface area contributed by atoms with Gasteiger partial charge in [0.05, 0.1) is 26.4 Å². The van der Waals surface area contributed by atoms with E-state index in [1.807, 2.05) is 0 Å². The van der Waals surface area contributed by atoms with E-state index in [0.717, 1.165) is 83.5 Å². The number of unbranched alkanes of at least 4 members (excludes halogenated alkanes) is 17. The number of ether oxygens (including phenoxy) is 6. The Kier molecular flexibility index (Phi) is 37.6. The molecule has 2 aliphatic heterocycles. The predicted octanol–water partition coefficient (Wildman–Crippen LogP) is 8.13. The van der Waals surface area contributed by atoms with Gasteiger partial charge in [-0.1, -0.05) is 158 Å². The lowest BCUT2D eigenvalue weighted by molar-refractivity contribution is -0.332. The Morgan fingerprint density at radius 1 is 0.500 bits per heavy atom. The van der Waals surface area contributed by atoms with Gasteiger partial charge < -0.3 is 64.2 Å². The highest BCUT2D eigenvalue weighted by Gasteiger charge is 2.47. The first kappa shape index (κ1) is 61.8. The van der Waals surface area contributed by atoms with Crippen LogP contribution in [0.4, 0.5) is 0 Å². The summed E-state index contributed by atoms with van der Waals surface area (Å²) < 4.78 is 34.2. The first-order chi connectivity index (χ1) is 33.1. The zero-order valence-electron chi connectivity index (χ0n) is 41.8. The van der Waals surface area contributed by atoms with Crippen LogP contribution >= 0.6 is 0 Å². The van der Waals surface area contributed by atoms with Crippen molar-refractivity contribution < 1.29 is 69.0 Å². The molecule has 2 aliphatic rings. The summed E-state index contributed by atoms with van der Waals surface area (Å²) in [5.74, 6) is -0.386. The molecule has 0 saturated carbocycles. The highest BCUT2D eigenvalue weighted by atomic mass is 16.7. The number of hydrogen-bond acceptors (Lipinski definition) is 14. The Bertz CT molecular complexity index is 1350. The van der Waals surface area contributed by atoms with E-state index in [1.54, 1.807) is 0 Å². The fourth-order valence-corrected chi connectivity index (χ4v) is 7.98. The first-order valence-corrected chi connectivity index (χ1v) is 26.4. The predicted molar refractivity (Wildman–Crippen MR) is 266 cm³/mol. The molecule has 68 heavy (non-hydrogen) atoms. The molecule has 14 heteroatoms. The van der Waals surface area contributed by atoms with E-state index in [0.29, 0.717) is 13.0 Å². The number of esters is 1. The van der Waals surface area contributed by atoms with Crippen LogP contribution in [0.25, 0.3) is 0 Å². The number of hydrogen-bond donors (Lipinski definition) is 7. The third-order valence-electron chi connectivity index (χ3n) is 12.2. The number of carbonyl (C=O) groups excluding carboxylic acids is 1. The van der Waals surface area contributed by atoms with Crippen molar-refractivity contribution in [3.63, 3.8) is 0 Å². The SMILES string of the molecule is CC/C=C\C/C=C\C/C=C\C/C=C\CCCCCCCCCCCCC(=O)OC(COCCCCCCCC/C=C\CCC)COC1OC(COC2OC(CO)C(O)C(O)C2O)C(O)C(O)C1O. The summed E-state index contributed by atoms with van der Waals surface area (Å²) in [4.78, 5) is 13.0. The molecule has 0 bridgehead atoms. The molecule has 2 fully saturated rings. The van der Waals surface area contributed by atoms with Crippen molar-refractivity contribution in [2.24, 2.45) is 0 Å². The van der Waals surface area contributed by atoms with Gasteiger partial charge in [0.25, 0.3) is 0 Å². The third kappa shape index (κ3) is 28.5. The molecule has 0 aromatic rings. The van der Waals surface area contributed by atoms with Gasteiger partial charge in [0.15, 0.2) is 12.6 Å². The standard InChI is InChI=1S/C54H94O14/c1-3-5-7-9-11-13-15-16-17-18-19-20-21-22-23-24-25-26-27-29-31-33-35-37-46(56)66-43(40-63-38-36-34-32-30-28-14-12-10-8-6-4-2)41-64-53-52(62)50(60)48(58)45(68-53)42-65-54-51(61)49(59)47(57)44(39-55)67-54/h5,7-8,10-11,13,16-17,19-20,43-45,47-55,57-62H,3-4,6,9,12,14-15,18,21-42H2,1-2H3/b7-5-,10-8-,13-11-,17-16-,20-19-. The monoisotopic (exact) mass is 967 g/mol. The quantitative estimate of drug-likeness (QED) is 0.0175. The fraction of sp³-hybridized carbons (Fsp3) is 0.796. The minimum atomic E-state index is -1.71. The van der Waals surface area contributed by atoms with Gasteiger partial charge in [-0.2, -0.15) is 0 Å². The molecule has 0 spiro atoms. The summed E-state index contributed by atoms with van der Waals surface area (Å²) in [5, 5.41) is 72.1. The summed E-state index contributed by atoms with van der Waals surface area (Å²) in [6, 6.07) is 0. The van der Waals surface area contributed by atoms with Crippen LogP contribution in [0.15, 0.2) is 60.8 Å². The van der Waals surface area contributed by atoms with Crippen LogP contribution in [0.1, 0.15) is 174 Å². The van der Waals surface area contributed by atoms with Gasteiger partial charge in [-0.05, 0) is 70.6 Å². The number of carbonyl (C=O) groups is 1. The molecule has 0 aromatic carbocycles. The lowest BCUT2D eigenvalue weighted by Gasteiger charge is -2.42. The van der Waals surface area contributed by atoms with Gasteiger partial charge >= 0.3 is 5.97 Å². The lowest BCUT2D eigenvalue weighted by Crippen LogP contribution is -2.61. The number of allylic oxidation sites excluding steroid dienone is 10. The van der Waals surface area contributed by atoms with Crippen LogP contribution in [-0.2, 0) is 33.2 Å². The highest BCUT2D eigenvalue weighted by molar-refractivity contribution is 5.69. The Morgan fingerprint density at radius 3 is 1.51 bits per heavy atom. The third-order valence-corrected chi connectivity index (χ3v) is 12.2. The van der Waals surface area contributed by atoms with E-state index in [1.165, 1.54) is 64.2 Å². The van der Waals surface area contributed by atoms with E-state index >= 15 is 0 Å². The normalized spacial score (nSPS) is 26.4. The molecular formula is C54H94O14. The average Bonchev–Trinajstić information content (AvgIpc) is 3.33. The van der Waals surface area contributed by atoms with Gasteiger partial charge in [-0.3, -0.25) is 4.79 Å². The first-order valence-electron chi connectivity index (χ1n) is 26.4. The largest absolute Gasteiger partial charge is 0.457 e. The second-order valence-corrected chi connectivity index (χ2v) is 18.3. The topological polar surface area (TPSA) is 214 Å². The zero-order chi connectivity index (χ0) is 49.5. The molecule has 2 saturated heterocycles. The zero-order valence-corrected chi connectivity index (χ0v) is 41.8. The van der Waals surface area contributed by atoms with E-state index < -0.39 is 80.7 Å². The Balaban J connectivity index is 1.72. The van der Waals surface area contributed by atoms with Crippen molar-refractivity contribution in [1.29, 1.82) is 0 Å². The van der Waals surface area contributed by atoms with Crippen molar-refractivity contribution in [2.75, 3.05) is 33.0 Å². The van der Waals surface area contributed by atoms with Crippen LogP contribution in [0.2, 0.25) is 0 Å². The highest BCUT2D eigenvalue weighted by Crippen LogP contribution is 2.26. The fourth-order valence-electron chi connectivity index (χ4n) is 7.98. The summed E-state index contributed by atoms with van der Waals surface area (Å²) in [7, 11) is 0. The van der Waals surface area contributed by atoms with Gasteiger partial charge in [-0.15, -0.1) is 0 Å². The Hall–Kier alpha value is -2.31. The lowest BCUT2D eigenvalue weighted by atomic mass is 9.98. The molecule has 0 amide bonds. The average molecular weight is 967 g/mol. The minimum Gasteiger partial charge on any atom is -0.457 e. The van der Waals surface area contributed by atoms with Crippen LogP contribution in [-0.4, -0.2) is 142 Å². The summed E-state index contributed by atoms with van der Waals surface area (Å²) in [6.45, 7) is 3.49. The summed E-state index contributed by atoms with van der Waals surface area (Å²) in [6.07, 6.45) is 32.9. The molecule has 7 N–H and O–H groups in total. The van der Waals surface area contributed by atoms with E-state index in [4.69, 9.17) is 28.4 Å². The number of aliphatic hydroxyl groups is 7. The van der Waals surface area contributed by atoms with Crippen LogP contribution in [0.5, 0.6) is 0 Å². The van der Waals surface area contributed by atoms with E-state index in [2.05, 4.69) is 74.6 Å². The van der Waals surface area contributed by atoms with Crippen molar-refractivity contribution in [3.05, 3.63) is 60.8 Å². The molecule has 2 heterocycles. The smallest absolute Gasteiger partial charge is 0.306 e. The maximum atomic E-state index is 13.0. The molecule has 0 aliphatic carbocycles. The molecule has 11 atom stereocenters. The second-order valence-electron chi connectivity index (χ2n) is 18.3. The maximum absolute atomic E-state index is 13.0. The number of rotatable bonds is 41. The van der Waals surface area contributed by atoms with Gasteiger partial charge in [0, 0.05) is 13.0 Å². The molecule has 0 radical (unpaired) electrons. The molecule has 0 aromatic heterocycles. The molecular weight excluding hydrogens is 873 g/mol. The molecule has 14 nitrogen and oxygen atoms in total. The molecule has 394 valence electrons. The van der Waals surface area contributed by atoms with E-state index in [9.17, 15) is 40.5 Å². The van der Waals surface area contributed by atoms with Crippen molar-refractivity contribution in [1.82, 2.24) is 0 Å². The van der Waals surface area contributed by atoms with E-state index in [-0.39, 0.29) is 25.6 Å².